The molecule has 0 aromatic carbocycles. The van der Waals surface area contributed by atoms with Crippen LogP contribution in [0.3, 0.4) is 0 Å². The maximum absolute atomic E-state index is 11.5. The van der Waals surface area contributed by atoms with Gasteiger partial charge in [-0.1, -0.05) is 0 Å². The first-order valence-electron chi connectivity index (χ1n) is 4.96. The van der Waals surface area contributed by atoms with Gasteiger partial charge in [-0.15, -0.1) is 0 Å². The highest BCUT2D eigenvalue weighted by atomic mass is 79.9. The van der Waals surface area contributed by atoms with Crippen molar-refractivity contribution in [1.82, 2.24) is 14.6 Å². The number of rotatable bonds is 2. The molecule has 17 heavy (non-hydrogen) atoms. The van der Waals surface area contributed by atoms with E-state index in [9.17, 15) is 8.42 Å². The molecule has 2 aromatic rings. The second-order valence-corrected chi connectivity index (χ2v) is 7.18. The number of halogens is 2. The molecule has 3 rings (SSSR count). The molecule has 0 aliphatic heterocycles. The Hall–Kier alpha value is -0.660. The maximum Gasteiger partial charge on any atom is 0.281 e. The van der Waals surface area contributed by atoms with Gasteiger partial charge >= 0.3 is 0 Å². The fourth-order valence-corrected chi connectivity index (χ4v) is 3.97. The summed E-state index contributed by atoms with van der Waals surface area (Å²) in [5, 5.41) is 4.17. The van der Waals surface area contributed by atoms with Gasteiger partial charge in [0, 0.05) is 16.6 Å². The normalized spacial score (nSPS) is 16.6. The van der Waals surface area contributed by atoms with Crippen LogP contribution in [0.15, 0.2) is 21.8 Å². The zero-order chi connectivity index (χ0) is 12.2. The maximum atomic E-state index is 11.5. The van der Waals surface area contributed by atoms with Gasteiger partial charge in [0.05, 0.1) is 5.69 Å². The molecule has 0 spiro atoms. The molecule has 0 N–H and O–H groups in total. The molecule has 1 aliphatic carbocycles. The van der Waals surface area contributed by atoms with Gasteiger partial charge in [0.15, 0.2) is 5.65 Å². The number of nitrogens with zero attached hydrogens (tertiary/aromatic N) is 3. The molecule has 0 radical (unpaired) electrons. The molecule has 0 unspecified atom stereocenters. The van der Waals surface area contributed by atoms with Gasteiger partial charge in [-0.3, -0.25) is 0 Å². The first-order chi connectivity index (χ1) is 7.97. The minimum atomic E-state index is -3.88. The molecular weight excluding hydrogens is 330 g/mol. The first kappa shape index (κ1) is 11.4. The largest absolute Gasteiger partial charge is 0.281 e. The Morgan fingerprint density at radius 3 is 2.71 bits per heavy atom. The smallest absolute Gasteiger partial charge is 0.219 e. The van der Waals surface area contributed by atoms with E-state index in [4.69, 9.17) is 10.7 Å². The molecule has 1 saturated carbocycles. The average molecular weight is 337 g/mol. The van der Waals surface area contributed by atoms with Crippen LogP contribution >= 0.6 is 26.6 Å². The highest BCUT2D eigenvalue weighted by molar-refractivity contribution is 9.10. The van der Waals surface area contributed by atoms with Crippen molar-refractivity contribution >= 4 is 41.3 Å². The van der Waals surface area contributed by atoms with Crippen molar-refractivity contribution in [3.05, 3.63) is 22.4 Å². The minimum absolute atomic E-state index is 0.114. The summed E-state index contributed by atoms with van der Waals surface area (Å²) in [5.74, 6) is 0.437. The molecule has 0 amide bonds. The Kier molecular flexibility index (Phi) is 2.46. The van der Waals surface area contributed by atoms with Crippen LogP contribution in [-0.2, 0) is 9.05 Å². The lowest BCUT2D eigenvalue weighted by Crippen LogP contribution is -2.03. The highest BCUT2D eigenvalue weighted by Gasteiger charge is 2.28. The van der Waals surface area contributed by atoms with E-state index in [1.54, 1.807) is 6.07 Å². The lowest BCUT2D eigenvalue weighted by molar-refractivity contribution is 0.600. The molecule has 2 heterocycles. The van der Waals surface area contributed by atoms with Crippen LogP contribution < -0.4 is 0 Å². The monoisotopic (exact) mass is 335 g/mol. The lowest BCUT2D eigenvalue weighted by Gasteiger charge is -2.00. The second kappa shape index (κ2) is 3.66. The van der Waals surface area contributed by atoms with Gasteiger partial charge in [0.1, 0.15) is 4.60 Å². The SMILES string of the molecule is O=S(=O)(Cl)c1c(Br)nc2ccc(C3CC3)nn12. The number of fused-ring (bicyclic) bond motifs is 1. The molecular formula is C9H7BrClN3O2S. The zero-order valence-corrected chi connectivity index (χ0v) is 11.6. The Balaban J connectivity index is 2.32. The Morgan fingerprint density at radius 2 is 2.12 bits per heavy atom. The topological polar surface area (TPSA) is 64.3 Å². The van der Waals surface area contributed by atoms with Crippen LogP contribution in [0.2, 0.25) is 0 Å². The van der Waals surface area contributed by atoms with E-state index in [0.29, 0.717) is 11.6 Å². The Bertz CT molecular complexity index is 708. The average Bonchev–Trinajstić information content (AvgIpc) is 2.98. The summed E-state index contributed by atoms with van der Waals surface area (Å²) >= 11 is 3.09. The van der Waals surface area contributed by atoms with Crippen molar-refractivity contribution in [3.63, 3.8) is 0 Å². The summed E-state index contributed by atoms with van der Waals surface area (Å²) < 4.78 is 24.4. The predicted molar refractivity (Wildman–Crippen MR) is 65.7 cm³/mol. The molecule has 0 bridgehead atoms. The van der Waals surface area contributed by atoms with E-state index in [0.717, 1.165) is 18.5 Å². The molecule has 5 nitrogen and oxygen atoms in total. The minimum Gasteiger partial charge on any atom is -0.219 e. The summed E-state index contributed by atoms with van der Waals surface area (Å²) in [7, 11) is 1.50. The molecule has 1 aliphatic rings. The van der Waals surface area contributed by atoms with Gasteiger partial charge in [-0.05, 0) is 40.9 Å². The standard InChI is InChI=1S/C9H7BrClN3O2S/c10-8-9(17(11,15)16)14-7(12-8)4-3-6(13-14)5-1-2-5/h3-5H,1-2H2. The van der Waals surface area contributed by atoms with Crippen LogP contribution in [-0.4, -0.2) is 23.0 Å². The third-order valence-corrected chi connectivity index (χ3v) is 4.73. The quantitative estimate of drug-likeness (QED) is 0.789. The van der Waals surface area contributed by atoms with Crippen molar-refractivity contribution < 1.29 is 8.42 Å². The van der Waals surface area contributed by atoms with Gasteiger partial charge in [0.2, 0.25) is 5.03 Å². The van der Waals surface area contributed by atoms with Crippen LogP contribution in [0, 0.1) is 0 Å². The fourth-order valence-electron chi connectivity index (χ4n) is 1.70. The van der Waals surface area contributed by atoms with Gasteiger partial charge in [0.25, 0.3) is 9.05 Å². The summed E-state index contributed by atoms with van der Waals surface area (Å²) in [6.07, 6.45) is 2.19. The Morgan fingerprint density at radius 1 is 1.41 bits per heavy atom. The number of hydrogen-bond donors (Lipinski definition) is 0. The fraction of sp³-hybridized carbons (Fsp3) is 0.333. The van der Waals surface area contributed by atoms with Gasteiger partial charge in [-0.25, -0.2) is 13.4 Å². The van der Waals surface area contributed by atoms with Crippen molar-refractivity contribution in [2.24, 2.45) is 0 Å². The summed E-state index contributed by atoms with van der Waals surface area (Å²) in [6.45, 7) is 0. The highest BCUT2D eigenvalue weighted by Crippen LogP contribution is 2.39. The number of hydrogen-bond acceptors (Lipinski definition) is 4. The van der Waals surface area contributed by atoms with Crippen LogP contribution in [0.1, 0.15) is 24.5 Å². The van der Waals surface area contributed by atoms with Crippen molar-refractivity contribution in [1.29, 1.82) is 0 Å². The van der Waals surface area contributed by atoms with Gasteiger partial charge in [-0.2, -0.15) is 9.61 Å². The number of imidazole rings is 1. The lowest BCUT2D eigenvalue weighted by atomic mass is 10.3. The van der Waals surface area contributed by atoms with E-state index in [1.807, 2.05) is 6.07 Å². The summed E-state index contributed by atoms with van der Waals surface area (Å²) in [5.41, 5.74) is 1.34. The van der Waals surface area contributed by atoms with E-state index in [2.05, 4.69) is 26.0 Å². The third-order valence-electron chi connectivity index (χ3n) is 2.64. The van der Waals surface area contributed by atoms with E-state index in [-0.39, 0.29) is 9.63 Å². The predicted octanol–water partition coefficient (Wildman–Crippen LogP) is 2.30. The van der Waals surface area contributed by atoms with Crippen molar-refractivity contribution in [2.75, 3.05) is 0 Å². The summed E-state index contributed by atoms with van der Waals surface area (Å²) in [6, 6.07) is 3.62. The second-order valence-electron chi connectivity index (χ2n) is 3.95. The van der Waals surface area contributed by atoms with Gasteiger partial charge < -0.3 is 0 Å². The molecule has 90 valence electrons. The number of aromatic nitrogens is 3. The summed E-state index contributed by atoms with van der Waals surface area (Å²) in [4.78, 5) is 4.05. The third kappa shape index (κ3) is 1.96. The van der Waals surface area contributed by atoms with Crippen LogP contribution in [0.25, 0.3) is 5.65 Å². The zero-order valence-electron chi connectivity index (χ0n) is 8.47. The van der Waals surface area contributed by atoms with E-state index in [1.165, 1.54) is 4.52 Å². The Labute approximate surface area is 110 Å². The van der Waals surface area contributed by atoms with E-state index < -0.39 is 9.05 Å². The van der Waals surface area contributed by atoms with Crippen LogP contribution in [0.5, 0.6) is 0 Å². The molecule has 0 atom stereocenters. The van der Waals surface area contributed by atoms with E-state index >= 15 is 0 Å². The molecule has 8 heteroatoms. The molecule has 2 aromatic heterocycles. The molecule has 0 saturated heterocycles. The molecule has 1 fully saturated rings. The van der Waals surface area contributed by atoms with Crippen molar-refractivity contribution in [3.8, 4) is 0 Å². The van der Waals surface area contributed by atoms with Crippen molar-refractivity contribution in [2.45, 2.75) is 23.8 Å². The van der Waals surface area contributed by atoms with Crippen LogP contribution in [0.4, 0.5) is 0 Å². The first-order valence-corrected chi connectivity index (χ1v) is 8.07.